The third-order valence-electron chi connectivity index (χ3n) is 5.14. The van der Waals surface area contributed by atoms with Crippen LogP contribution in [0, 0.1) is 5.92 Å². The number of benzene rings is 2. The summed E-state index contributed by atoms with van der Waals surface area (Å²) in [5, 5.41) is 6.53. The lowest BCUT2D eigenvalue weighted by Crippen LogP contribution is -2.42. The summed E-state index contributed by atoms with van der Waals surface area (Å²) in [6.07, 6.45) is 4.02. The highest BCUT2D eigenvalue weighted by molar-refractivity contribution is 6.15. The molecule has 1 aliphatic heterocycles. The zero-order chi connectivity index (χ0) is 17.2. The largest absolute Gasteiger partial charge is 0.338 e. The smallest absolute Gasteiger partial charge is 0.256 e. The number of carbonyl (C=O) groups excluding carboxylic acids is 1. The van der Waals surface area contributed by atoms with Crippen molar-refractivity contribution in [3.05, 3.63) is 54.2 Å². The minimum atomic E-state index is 0. The highest BCUT2D eigenvalue weighted by Gasteiger charge is 2.26. The highest BCUT2D eigenvalue weighted by Crippen LogP contribution is 2.29. The fourth-order valence-corrected chi connectivity index (χ4v) is 3.97. The molecule has 1 fully saturated rings. The van der Waals surface area contributed by atoms with Gasteiger partial charge in [0, 0.05) is 24.7 Å². The molecule has 1 amide bonds. The van der Waals surface area contributed by atoms with Gasteiger partial charge in [0.25, 0.3) is 5.91 Å². The maximum absolute atomic E-state index is 13.3. The standard InChI is InChI=1S/C21H23N3O.2ClH/c1-22-13-15-6-5-11-24(14-15)21(25)19-12-16-7-2-3-8-17(16)18-9-4-10-23-20(18)19;;/h2-4,7-10,12,15,22H,5-6,11,13-14H2,1H3;2*1H. The van der Waals surface area contributed by atoms with E-state index in [2.05, 4.69) is 28.5 Å². The van der Waals surface area contributed by atoms with Crippen LogP contribution in [-0.2, 0) is 0 Å². The van der Waals surface area contributed by atoms with Gasteiger partial charge in [-0.2, -0.15) is 0 Å². The van der Waals surface area contributed by atoms with Crippen LogP contribution in [0.3, 0.4) is 0 Å². The third-order valence-corrected chi connectivity index (χ3v) is 5.14. The number of rotatable bonds is 3. The monoisotopic (exact) mass is 405 g/mol. The number of nitrogens with zero attached hydrogens (tertiary/aromatic N) is 2. The maximum atomic E-state index is 13.3. The average molecular weight is 406 g/mol. The van der Waals surface area contributed by atoms with E-state index in [9.17, 15) is 4.79 Å². The number of hydrogen-bond acceptors (Lipinski definition) is 3. The fourth-order valence-electron chi connectivity index (χ4n) is 3.97. The molecule has 6 heteroatoms. The quantitative estimate of drug-likeness (QED) is 0.660. The van der Waals surface area contributed by atoms with Crippen molar-refractivity contribution in [1.29, 1.82) is 0 Å². The Bertz CT molecular complexity index is 930. The van der Waals surface area contributed by atoms with Crippen LogP contribution in [0.15, 0.2) is 48.7 Å². The van der Waals surface area contributed by atoms with E-state index in [1.54, 1.807) is 6.20 Å². The van der Waals surface area contributed by atoms with Crippen LogP contribution in [0.1, 0.15) is 23.2 Å². The van der Waals surface area contributed by atoms with Crippen molar-refractivity contribution < 1.29 is 4.79 Å². The summed E-state index contributed by atoms with van der Waals surface area (Å²) < 4.78 is 0. The first kappa shape index (κ1) is 21.4. The lowest BCUT2D eigenvalue weighted by atomic mass is 9.96. The molecular weight excluding hydrogens is 381 g/mol. The second kappa shape index (κ2) is 9.36. The Morgan fingerprint density at radius 1 is 1.19 bits per heavy atom. The average Bonchev–Trinajstić information content (AvgIpc) is 2.67. The summed E-state index contributed by atoms with van der Waals surface area (Å²) in [7, 11) is 1.97. The Morgan fingerprint density at radius 2 is 1.96 bits per heavy atom. The van der Waals surface area contributed by atoms with Crippen molar-refractivity contribution >= 4 is 52.4 Å². The number of hydrogen-bond donors (Lipinski definition) is 1. The number of carbonyl (C=O) groups is 1. The Kier molecular flexibility index (Phi) is 7.42. The Morgan fingerprint density at radius 3 is 2.78 bits per heavy atom. The van der Waals surface area contributed by atoms with Crippen LogP contribution in [-0.4, -0.2) is 42.5 Å². The summed E-state index contributed by atoms with van der Waals surface area (Å²) in [5.74, 6) is 0.637. The minimum Gasteiger partial charge on any atom is -0.338 e. The number of nitrogens with one attached hydrogen (secondary N) is 1. The molecule has 3 aromatic rings. The summed E-state index contributed by atoms with van der Waals surface area (Å²) in [6.45, 7) is 2.61. The summed E-state index contributed by atoms with van der Waals surface area (Å²) in [4.78, 5) is 19.8. The molecule has 1 saturated heterocycles. The van der Waals surface area contributed by atoms with E-state index in [0.29, 0.717) is 5.92 Å². The van der Waals surface area contributed by atoms with Crippen molar-refractivity contribution in [1.82, 2.24) is 15.2 Å². The molecule has 0 spiro atoms. The highest BCUT2D eigenvalue weighted by atomic mass is 35.5. The first-order chi connectivity index (χ1) is 12.3. The normalized spacial score (nSPS) is 16.6. The number of amides is 1. The van der Waals surface area contributed by atoms with Gasteiger partial charge in [0.05, 0.1) is 11.1 Å². The van der Waals surface area contributed by atoms with Crippen molar-refractivity contribution in [2.24, 2.45) is 5.92 Å². The predicted octanol–water partition coefficient (Wildman–Crippen LogP) is 4.30. The second-order valence-corrected chi connectivity index (χ2v) is 6.86. The molecule has 1 aliphatic rings. The SMILES string of the molecule is CNCC1CCCN(C(=O)c2cc3ccccc3c3cccnc23)C1.Cl.Cl. The van der Waals surface area contributed by atoms with E-state index in [0.717, 1.165) is 53.3 Å². The second-order valence-electron chi connectivity index (χ2n) is 6.86. The first-order valence-electron chi connectivity index (χ1n) is 8.98. The van der Waals surface area contributed by atoms with E-state index in [1.165, 1.54) is 6.42 Å². The Balaban J connectivity index is 0.00000131. The topological polar surface area (TPSA) is 45.2 Å². The minimum absolute atomic E-state index is 0. The van der Waals surface area contributed by atoms with Crippen molar-refractivity contribution in [3.63, 3.8) is 0 Å². The molecule has 0 bridgehead atoms. The van der Waals surface area contributed by atoms with Gasteiger partial charge in [0.2, 0.25) is 0 Å². The molecule has 0 saturated carbocycles. The van der Waals surface area contributed by atoms with Gasteiger partial charge in [-0.1, -0.05) is 30.3 Å². The summed E-state index contributed by atoms with van der Waals surface area (Å²) in [5.41, 5.74) is 1.53. The molecule has 1 aromatic heterocycles. The predicted molar refractivity (Wildman–Crippen MR) is 116 cm³/mol. The molecule has 2 aromatic carbocycles. The zero-order valence-electron chi connectivity index (χ0n) is 15.4. The molecule has 1 unspecified atom stereocenters. The Hall–Kier alpha value is -1.88. The molecule has 27 heavy (non-hydrogen) atoms. The molecule has 1 atom stereocenters. The molecule has 0 radical (unpaired) electrons. The van der Waals surface area contributed by atoms with Crippen molar-refractivity contribution in [2.45, 2.75) is 12.8 Å². The molecule has 1 N–H and O–H groups in total. The van der Waals surface area contributed by atoms with Crippen LogP contribution in [0.5, 0.6) is 0 Å². The van der Waals surface area contributed by atoms with E-state index >= 15 is 0 Å². The maximum Gasteiger partial charge on any atom is 0.256 e. The van der Waals surface area contributed by atoms with Gasteiger partial charge in [0.1, 0.15) is 0 Å². The van der Waals surface area contributed by atoms with Gasteiger partial charge in [0.15, 0.2) is 0 Å². The molecule has 144 valence electrons. The van der Waals surface area contributed by atoms with Crippen LogP contribution in [0.2, 0.25) is 0 Å². The van der Waals surface area contributed by atoms with Gasteiger partial charge >= 0.3 is 0 Å². The molecule has 0 aliphatic carbocycles. The van der Waals surface area contributed by atoms with Gasteiger partial charge < -0.3 is 10.2 Å². The number of pyridine rings is 1. The van der Waals surface area contributed by atoms with Gasteiger partial charge in [-0.15, -0.1) is 24.8 Å². The van der Waals surface area contributed by atoms with Gasteiger partial charge in [-0.05, 0) is 55.3 Å². The van der Waals surface area contributed by atoms with E-state index in [1.807, 2.05) is 36.2 Å². The van der Waals surface area contributed by atoms with E-state index < -0.39 is 0 Å². The number of likely N-dealkylation sites (tertiary alicyclic amines) is 1. The number of fused-ring (bicyclic) bond motifs is 3. The zero-order valence-corrected chi connectivity index (χ0v) is 17.0. The van der Waals surface area contributed by atoms with Crippen LogP contribution < -0.4 is 5.32 Å². The lowest BCUT2D eigenvalue weighted by Gasteiger charge is -2.33. The van der Waals surface area contributed by atoms with Crippen molar-refractivity contribution in [3.8, 4) is 0 Å². The van der Waals surface area contributed by atoms with Crippen molar-refractivity contribution in [2.75, 3.05) is 26.7 Å². The van der Waals surface area contributed by atoms with Crippen LogP contribution >= 0.6 is 24.8 Å². The first-order valence-corrected chi connectivity index (χ1v) is 8.98. The van der Waals surface area contributed by atoms with Crippen LogP contribution in [0.4, 0.5) is 0 Å². The Labute approximate surface area is 172 Å². The van der Waals surface area contributed by atoms with Gasteiger partial charge in [-0.3, -0.25) is 9.78 Å². The molecule has 2 heterocycles. The van der Waals surface area contributed by atoms with Crippen LogP contribution in [0.25, 0.3) is 21.7 Å². The number of aromatic nitrogens is 1. The summed E-state index contributed by atoms with van der Waals surface area (Å²) in [6, 6.07) is 14.2. The third kappa shape index (κ3) is 4.18. The molecule has 4 nitrogen and oxygen atoms in total. The lowest BCUT2D eigenvalue weighted by molar-refractivity contribution is 0.0676. The van der Waals surface area contributed by atoms with Gasteiger partial charge in [-0.25, -0.2) is 0 Å². The van der Waals surface area contributed by atoms with E-state index in [-0.39, 0.29) is 30.7 Å². The van der Waals surface area contributed by atoms with E-state index in [4.69, 9.17) is 0 Å². The summed E-state index contributed by atoms with van der Waals surface area (Å²) >= 11 is 0. The fraction of sp³-hybridized carbons (Fsp3) is 0.333. The number of halogens is 2. The molecular formula is C21H25Cl2N3O. The number of piperidine rings is 1. The molecule has 4 rings (SSSR count).